The number of carbonyl (C=O) groups excluding carboxylic acids is 2. The minimum absolute atomic E-state index is 0.0337. The molecule has 1 aromatic carbocycles. The summed E-state index contributed by atoms with van der Waals surface area (Å²) in [5, 5.41) is 16.2. The number of nitro benzene ring substituents is 1. The lowest BCUT2D eigenvalue weighted by Crippen LogP contribution is -2.45. The van der Waals surface area contributed by atoms with Crippen LogP contribution >= 0.6 is 0 Å². The topological polar surface area (TPSA) is 101 Å². The number of aryl methyl sites for hydroxylation is 1. The highest BCUT2D eigenvalue weighted by atomic mass is 16.6. The highest BCUT2D eigenvalue weighted by molar-refractivity contribution is 5.96. The summed E-state index contributed by atoms with van der Waals surface area (Å²) < 4.78 is 0. The van der Waals surface area contributed by atoms with Gasteiger partial charge in [0.15, 0.2) is 0 Å². The number of carbonyl (C=O) groups is 2. The standard InChI is InChI=1S/C16H21N3O4/c1-10-8-13(6-7-14(10)19(22)23)16(21)17-9-15(20)18-11(2)12-4-3-5-12/h6-8,11-12H,3-5,9H2,1-2H3,(H,17,21)(H,18,20)/t11-/m0/s1. The summed E-state index contributed by atoms with van der Waals surface area (Å²) in [6.45, 7) is 3.44. The van der Waals surface area contributed by atoms with Crippen LogP contribution in [0.15, 0.2) is 18.2 Å². The summed E-state index contributed by atoms with van der Waals surface area (Å²) in [5.41, 5.74) is 0.673. The molecule has 7 heteroatoms. The Kier molecular flexibility index (Phi) is 5.31. The number of amides is 2. The van der Waals surface area contributed by atoms with Crippen molar-refractivity contribution in [1.82, 2.24) is 10.6 Å². The summed E-state index contributed by atoms with van der Waals surface area (Å²) in [6.07, 6.45) is 3.48. The van der Waals surface area contributed by atoms with E-state index in [-0.39, 0.29) is 24.2 Å². The van der Waals surface area contributed by atoms with E-state index < -0.39 is 10.8 Å². The van der Waals surface area contributed by atoms with E-state index in [1.165, 1.54) is 24.6 Å². The predicted molar refractivity (Wildman–Crippen MR) is 85.1 cm³/mol. The van der Waals surface area contributed by atoms with Crippen molar-refractivity contribution < 1.29 is 14.5 Å². The van der Waals surface area contributed by atoms with Gasteiger partial charge in [-0.1, -0.05) is 6.42 Å². The number of nitrogens with zero attached hydrogens (tertiary/aromatic N) is 1. The van der Waals surface area contributed by atoms with Gasteiger partial charge < -0.3 is 10.6 Å². The smallest absolute Gasteiger partial charge is 0.272 e. The Hall–Kier alpha value is -2.44. The van der Waals surface area contributed by atoms with Crippen LogP contribution in [0.25, 0.3) is 0 Å². The van der Waals surface area contributed by atoms with E-state index in [9.17, 15) is 19.7 Å². The number of hydrogen-bond donors (Lipinski definition) is 2. The third-order valence-electron chi connectivity index (χ3n) is 4.31. The van der Waals surface area contributed by atoms with Crippen LogP contribution in [0, 0.1) is 23.0 Å². The Morgan fingerprint density at radius 1 is 1.39 bits per heavy atom. The molecule has 1 aliphatic rings. The van der Waals surface area contributed by atoms with Gasteiger partial charge in [0.2, 0.25) is 5.91 Å². The lowest BCUT2D eigenvalue weighted by Gasteiger charge is -2.31. The van der Waals surface area contributed by atoms with Crippen molar-refractivity contribution in [3.8, 4) is 0 Å². The average molecular weight is 319 g/mol. The first-order chi connectivity index (χ1) is 10.9. The molecular formula is C16H21N3O4. The first kappa shape index (κ1) is 16.9. The molecule has 124 valence electrons. The number of nitro groups is 1. The van der Waals surface area contributed by atoms with Crippen molar-refractivity contribution in [3.63, 3.8) is 0 Å². The molecule has 1 saturated carbocycles. The van der Waals surface area contributed by atoms with E-state index in [0.717, 1.165) is 12.8 Å². The molecular weight excluding hydrogens is 298 g/mol. The van der Waals surface area contributed by atoms with E-state index in [0.29, 0.717) is 17.0 Å². The number of hydrogen-bond acceptors (Lipinski definition) is 4. The molecule has 0 unspecified atom stereocenters. The second kappa shape index (κ2) is 7.21. The number of benzene rings is 1. The van der Waals surface area contributed by atoms with Gasteiger partial charge in [-0.25, -0.2) is 0 Å². The van der Waals surface area contributed by atoms with Gasteiger partial charge in [-0.15, -0.1) is 0 Å². The van der Waals surface area contributed by atoms with Crippen LogP contribution in [0.3, 0.4) is 0 Å². The maximum absolute atomic E-state index is 12.0. The van der Waals surface area contributed by atoms with Gasteiger partial charge >= 0.3 is 0 Å². The first-order valence-corrected chi connectivity index (χ1v) is 7.71. The van der Waals surface area contributed by atoms with Gasteiger partial charge in [-0.05, 0) is 44.7 Å². The second-order valence-corrected chi connectivity index (χ2v) is 5.99. The van der Waals surface area contributed by atoms with Crippen molar-refractivity contribution in [1.29, 1.82) is 0 Å². The van der Waals surface area contributed by atoms with Crippen molar-refractivity contribution in [2.24, 2.45) is 5.92 Å². The molecule has 0 bridgehead atoms. The van der Waals surface area contributed by atoms with Crippen LogP contribution in [-0.2, 0) is 4.79 Å². The number of nitrogens with one attached hydrogen (secondary N) is 2. The molecule has 2 amide bonds. The quantitative estimate of drug-likeness (QED) is 0.618. The van der Waals surface area contributed by atoms with Gasteiger partial charge in [-0.2, -0.15) is 0 Å². The monoisotopic (exact) mass is 319 g/mol. The van der Waals surface area contributed by atoms with Crippen LogP contribution in [-0.4, -0.2) is 29.3 Å². The summed E-state index contributed by atoms with van der Waals surface area (Å²) in [4.78, 5) is 34.1. The van der Waals surface area contributed by atoms with Crippen molar-refractivity contribution in [2.75, 3.05) is 6.54 Å². The lowest BCUT2D eigenvalue weighted by molar-refractivity contribution is -0.385. The normalized spacial score (nSPS) is 15.4. The third kappa shape index (κ3) is 4.28. The van der Waals surface area contributed by atoms with Gasteiger partial charge in [-0.3, -0.25) is 19.7 Å². The molecule has 0 saturated heterocycles. The van der Waals surface area contributed by atoms with E-state index in [4.69, 9.17) is 0 Å². The fourth-order valence-corrected chi connectivity index (χ4v) is 2.63. The Morgan fingerprint density at radius 3 is 2.61 bits per heavy atom. The largest absolute Gasteiger partial charge is 0.352 e. The van der Waals surface area contributed by atoms with Crippen molar-refractivity contribution in [2.45, 2.75) is 39.2 Å². The summed E-state index contributed by atoms with van der Waals surface area (Å²) >= 11 is 0. The minimum Gasteiger partial charge on any atom is -0.352 e. The zero-order chi connectivity index (χ0) is 17.0. The molecule has 2 rings (SSSR count). The molecule has 0 radical (unpaired) electrons. The highest BCUT2D eigenvalue weighted by Gasteiger charge is 2.25. The second-order valence-electron chi connectivity index (χ2n) is 5.99. The minimum atomic E-state index is -0.494. The molecule has 0 aliphatic heterocycles. The first-order valence-electron chi connectivity index (χ1n) is 7.71. The predicted octanol–water partition coefficient (Wildman–Crippen LogP) is 1.94. The van der Waals surface area contributed by atoms with Crippen molar-refractivity contribution in [3.05, 3.63) is 39.4 Å². The Labute approximate surface area is 134 Å². The molecule has 7 nitrogen and oxygen atoms in total. The van der Waals surface area contributed by atoms with Crippen LogP contribution in [0.4, 0.5) is 5.69 Å². The molecule has 0 heterocycles. The Morgan fingerprint density at radius 2 is 2.09 bits per heavy atom. The zero-order valence-corrected chi connectivity index (χ0v) is 13.3. The van der Waals surface area contributed by atoms with Crippen molar-refractivity contribution >= 4 is 17.5 Å². The molecule has 1 aromatic rings. The van der Waals surface area contributed by atoms with Gasteiger partial charge in [0.25, 0.3) is 11.6 Å². The molecule has 1 aliphatic carbocycles. The Bertz CT molecular complexity index is 626. The molecule has 0 spiro atoms. The van der Waals surface area contributed by atoms with E-state index in [1.807, 2.05) is 6.92 Å². The zero-order valence-electron chi connectivity index (χ0n) is 13.3. The van der Waals surface area contributed by atoms with Crippen LogP contribution < -0.4 is 10.6 Å². The fraction of sp³-hybridized carbons (Fsp3) is 0.500. The molecule has 1 fully saturated rings. The SMILES string of the molecule is Cc1cc(C(=O)NCC(=O)N[C@@H](C)C2CCC2)ccc1[N+](=O)[O-]. The fourth-order valence-electron chi connectivity index (χ4n) is 2.63. The third-order valence-corrected chi connectivity index (χ3v) is 4.31. The summed E-state index contributed by atoms with van der Waals surface area (Å²) in [7, 11) is 0. The van der Waals surface area contributed by atoms with Gasteiger partial charge in [0, 0.05) is 23.2 Å². The summed E-state index contributed by atoms with van der Waals surface area (Å²) in [5.74, 6) is -0.113. The lowest BCUT2D eigenvalue weighted by atomic mass is 9.80. The number of rotatable bonds is 6. The molecule has 0 aromatic heterocycles. The molecule has 23 heavy (non-hydrogen) atoms. The van der Waals surface area contributed by atoms with E-state index in [2.05, 4.69) is 10.6 Å². The van der Waals surface area contributed by atoms with Crippen LogP contribution in [0.2, 0.25) is 0 Å². The summed E-state index contributed by atoms with van der Waals surface area (Å²) in [6, 6.07) is 4.25. The van der Waals surface area contributed by atoms with Crippen LogP contribution in [0.5, 0.6) is 0 Å². The average Bonchev–Trinajstić information content (AvgIpc) is 2.42. The molecule has 1 atom stereocenters. The highest BCUT2D eigenvalue weighted by Crippen LogP contribution is 2.29. The molecule has 2 N–H and O–H groups in total. The van der Waals surface area contributed by atoms with E-state index in [1.54, 1.807) is 6.92 Å². The van der Waals surface area contributed by atoms with E-state index >= 15 is 0 Å². The maximum atomic E-state index is 12.0. The van der Waals surface area contributed by atoms with Gasteiger partial charge in [0.1, 0.15) is 0 Å². The Balaban J connectivity index is 1.85. The van der Waals surface area contributed by atoms with Crippen LogP contribution in [0.1, 0.15) is 42.1 Å². The maximum Gasteiger partial charge on any atom is 0.272 e. The van der Waals surface area contributed by atoms with Gasteiger partial charge in [0.05, 0.1) is 11.5 Å².